The summed E-state index contributed by atoms with van der Waals surface area (Å²) in [5.74, 6) is -0.491. The summed E-state index contributed by atoms with van der Waals surface area (Å²) in [6, 6.07) is 5.46. The molecule has 0 saturated heterocycles. The van der Waals surface area contributed by atoms with Gasteiger partial charge in [0.2, 0.25) is 0 Å². The van der Waals surface area contributed by atoms with Crippen molar-refractivity contribution in [2.24, 2.45) is 0 Å². The molecule has 0 aliphatic carbocycles. The van der Waals surface area contributed by atoms with Crippen LogP contribution in [0.5, 0.6) is 5.75 Å². The summed E-state index contributed by atoms with van der Waals surface area (Å²) in [4.78, 5) is 10.4. The molecule has 1 aliphatic heterocycles. The monoisotopic (exact) mass is 207 g/mol. The van der Waals surface area contributed by atoms with E-state index in [-0.39, 0.29) is 18.2 Å². The van der Waals surface area contributed by atoms with Crippen molar-refractivity contribution in [2.45, 2.75) is 25.3 Å². The van der Waals surface area contributed by atoms with Crippen LogP contribution in [0.2, 0.25) is 0 Å². The summed E-state index contributed by atoms with van der Waals surface area (Å²) in [5, 5.41) is 21.3. The van der Waals surface area contributed by atoms with E-state index in [9.17, 15) is 9.90 Å². The zero-order valence-electron chi connectivity index (χ0n) is 8.23. The van der Waals surface area contributed by atoms with Gasteiger partial charge in [-0.3, -0.25) is 4.79 Å². The normalized spacial score (nSPS) is 18.3. The molecule has 1 unspecified atom stereocenters. The Labute approximate surface area is 87.6 Å². The molecular weight excluding hydrogens is 194 g/mol. The van der Waals surface area contributed by atoms with Crippen LogP contribution in [0.1, 0.15) is 18.4 Å². The third-order valence-electron chi connectivity index (χ3n) is 2.67. The molecule has 2 rings (SSSR count). The maximum Gasteiger partial charge on any atom is 0.303 e. The molecule has 0 saturated carbocycles. The molecule has 1 aromatic rings. The van der Waals surface area contributed by atoms with Crippen molar-refractivity contribution < 1.29 is 15.0 Å². The number of benzene rings is 1. The first-order valence-electron chi connectivity index (χ1n) is 4.96. The molecule has 0 amide bonds. The minimum atomic E-state index is -0.781. The van der Waals surface area contributed by atoms with Crippen molar-refractivity contribution in [3.8, 4) is 5.75 Å². The lowest BCUT2D eigenvalue weighted by Crippen LogP contribution is -2.16. The number of phenols is 1. The van der Waals surface area contributed by atoms with Gasteiger partial charge in [-0.2, -0.15) is 0 Å². The molecule has 0 spiro atoms. The number of carboxylic acid groups (broad SMARTS) is 1. The van der Waals surface area contributed by atoms with E-state index in [0.29, 0.717) is 12.8 Å². The first-order valence-corrected chi connectivity index (χ1v) is 4.96. The number of nitrogens with one attached hydrogen (secondary N) is 1. The van der Waals surface area contributed by atoms with E-state index in [1.54, 1.807) is 12.1 Å². The third-order valence-corrected chi connectivity index (χ3v) is 2.67. The number of anilines is 1. The highest BCUT2D eigenvalue weighted by Gasteiger charge is 2.23. The van der Waals surface area contributed by atoms with Crippen molar-refractivity contribution in [1.29, 1.82) is 0 Å². The van der Waals surface area contributed by atoms with Gasteiger partial charge in [0.25, 0.3) is 0 Å². The molecule has 1 heterocycles. The molecule has 0 radical (unpaired) electrons. The Balaban J connectivity index is 2.03. The molecule has 1 atom stereocenters. The van der Waals surface area contributed by atoms with Gasteiger partial charge in [-0.1, -0.05) is 6.07 Å². The van der Waals surface area contributed by atoms with Crippen LogP contribution in [0.25, 0.3) is 0 Å². The maximum atomic E-state index is 10.4. The zero-order chi connectivity index (χ0) is 10.8. The first kappa shape index (κ1) is 9.83. The topological polar surface area (TPSA) is 69.6 Å². The summed E-state index contributed by atoms with van der Waals surface area (Å²) >= 11 is 0. The molecular formula is C11H13NO3. The molecule has 4 heteroatoms. The number of aromatic hydroxyl groups is 1. The lowest BCUT2D eigenvalue weighted by molar-refractivity contribution is -0.137. The second-order valence-corrected chi connectivity index (χ2v) is 3.78. The summed E-state index contributed by atoms with van der Waals surface area (Å²) in [7, 11) is 0. The number of hydrogen-bond acceptors (Lipinski definition) is 3. The number of aliphatic carboxylic acids is 1. The van der Waals surface area contributed by atoms with Gasteiger partial charge < -0.3 is 15.5 Å². The number of carboxylic acids is 1. The quantitative estimate of drug-likeness (QED) is 0.704. The van der Waals surface area contributed by atoms with Crippen molar-refractivity contribution in [3.05, 3.63) is 23.8 Å². The van der Waals surface area contributed by atoms with Gasteiger partial charge in [-0.15, -0.1) is 0 Å². The van der Waals surface area contributed by atoms with E-state index in [1.165, 1.54) is 0 Å². The Morgan fingerprint density at radius 3 is 3.00 bits per heavy atom. The smallest absolute Gasteiger partial charge is 0.303 e. The van der Waals surface area contributed by atoms with Crippen LogP contribution in [0.3, 0.4) is 0 Å². The fourth-order valence-corrected chi connectivity index (χ4v) is 1.91. The zero-order valence-corrected chi connectivity index (χ0v) is 8.23. The first-order chi connectivity index (χ1) is 7.16. The Morgan fingerprint density at radius 2 is 2.33 bits per heavy atom. The fourth-order valence-electron chi connectivity index (χ4n) is 1.91. The molecule has 1 aromatic carbocycles. The van der Waals surface area contributed by atoms with Crippen molar-refractivity contribution in [1.82, 2.24) is 0 Å². The summed E-state index contributed by atoms with van der Waals surface area (Å²) in [6.45, 7) is 0. The van der Waals surface area contributed by atoms with Crippen LogP contribution in [-0.2, 0) is 11.2 Å². The van der Waals surface area contributed by atoms with Crippen LogP contribution in [0.4, 0.5) is 5.69 Å². The lowest BCUT2D eigenvalue weighted by Gasteiger charge is -2.08. The van der Waals surface area contributed by atoms with E-state index in [4.69, 9.17) is 5.11 Å². The van der Waals surface area contributed by atoms with Gasteiger partial charge in [-0.05, 0) is 25.0 Å². The minimum absolute atomic E-state index is 0.129. The van der Waals surface area contributed by atoms with Crippen molar-refractivity contribution >= 4 is 11.7 Å². The molecule has 15 heavy (non-hydrogen) atoms. The molecule has 4 nitrogen and oxygen atoms in total. The average Bonchev–Trinajstić information content (AvgIpc) is 2.59. The van der Waals surface area contributed by atoms with Crippen LogP contribution in [0.15, 0.2) is 18.2 Å². The van der Waals surface area contributed by atoms with Gasteiger partial charge in [0.15, 0.2) is 0 Å². The van der Waals surface area contributed by atoms with E-state index in [1.807, 2.05) is 6.07 Å². The van der Waals surface area contributed by atoms with E-state index < -0.39 is 5.97 Å². The number of rotatable bonds is 3. The fraction of sp³-hybridized carbons (Fsp3) is 0.364. The van der Waals surface area contributed by atoms with Crippen molar-refractivity contribution in [2.75, 3.05) is 5.32 Å². The van der Waals surface area contributed by atoms with Crippen LogP contribution in [0, 0.1) is 0 Å². The van der Waals surface area contributed by atoms with Crippen molar-refractivity contribution in [3.63, 3.8) is 0 Å². The van der Waals surface area contributed by atoms with Crippen LogP contribution >= 0.6 is 0 Å². The average molecular weight is 207 g/mol. The van der Waals surface area contributed by atoms with E-state index in [0.717, 1.165) is 11.3 Å². The highest BCUT2D eigenvalue weighted by atomic mass is 16.4. The van der Waals surface area contributed by atoms with Crippen LogP contribution < -0.4 is 5.32 Å². The largest absolute Gasteiger partial charge is 0.508 e. The Kier molecular flexibility index (Phi) is 2.49. The predicted octanol–water partition coefficient (Wildman–Crippen LogP) is 1.59. The molecule has 0 aromatic heterocycles. The molecule has 0 bridgehead atoms. The standard InChI is InChI=1S/C11H13NO3/c13-10-3-1-2-9-8(10)6-7(12-9)4-5-11(14)15/h1-3,7,12-13H,4-6H2,(H,14,15). The number of phenolic OH excluding ortho intramolecular Hbond substituents is 1. The SMILES string of the molecule is O=C(O)CCC1Cc2c(O)cccc2N1. The van der Waals surface area contributed by atoms with E-state index in [2.05, 4.69) is 5.32 Å². The highest BCUT2D eigenvalue weighted by molar-refractivity contribution is 5.67. The second kappa shape index (κ2) is 3.81. The summed E-state index contributed by atoms with van der Waals surface area (Å²) in [5.41, 5.74) is 1.82. The number of hydrogen-bond donors (Lipinski definition) is 3. The molecule has 0 fully saturated rings. The molecule has 1 aliphatic rings. The van der Waals surface area contributed by atoms with E-state index >= 15 is 0 Å². The highest BCUT2D eigenvalue weighted by Crippen LogP contribution is 2.33. The molecule has 80 valence electrons. The minimum Gasteiger partial charge on any atom is -0.508 e. The van der Waals surface area contributed by atoms with Gasteiger partial charge in [-0.25, -0.2) is 0 Å². The van der Waals surface area contributed by atoms with Gasteiger partial charge in [0, 0.05) is 23.7 Å². The Bertz CT molecular complexity index is 389. The van der Waals surface area contributed by atoms with Crippen LogP contribution in [-0.4, -0.2) is 22.2 Å². The lowest BCUT2D eigenvalue weighted by atomic mass is 10.1. The number of fused-ring (bicyclic) bond motifs is 1. The summed E-state index contributed by atoms with van der Waals surface area (Å²) in [6.07, 6.45) is 1.45. The predicted molar refractivity (Wildman–Crippen MR) is 56.1 cm³/mol. The Morgan fingerprint density at radius 1 is 1.53 bits per heavy atom. The van der Waals surface area contributed by atoms with Gasteiger partial charge in [0.05, 0.1) is 0 Å². The number of carbonyl (C=O) groups is 1. The van der Waals surface area contributed by atoms with Gasteiger partial charge >= 0.3 is 5.97 Å². The second-order valence-electron chi connectivity index (χ2n) is 3.78. The molecule has 3 N–H and O–H groups in total. The summed E-state index contributed by atoms with van der Waals surface area (Å²) < 4.78 is 0. The maximum absolute atomic E-state index is 10.4. The third kappa shape index (κ3) is 2.03. The Hall–Kier alpha value is -1.71. The van der Waals surface area contributed by atoms with Gasteiger partial charge in [0.1, 0.15) is 5.75 Å².